The van der Waals surface area contributed by atoms with E-state index < -0.39 is 84.9 Å². The van der Waals surface area contributed by atoms with Crippen LogP contribution in [-0.4, -0.2) is 104 Å². The van der Waals surface area contributed by atoms with Crippen LogP contribution in [0.25, 0.3) is 0 Å². The maximum absolute atomic E-state index is 13.0. The molecule has 2 unspecified atom stereocenters. The van der Waals surface area contributed by atoms with E-state index in [0.29, 0.717) is 32.3 Å². The molecule has 0 bridgehead atoms. The summed E-state index contributed by atoms with van der Waals surface area (Å²) in [6.45, 7) is 3.61. The van der Waals surface area contributed by atoms with E-state index in [1.54, 1.807) is 0 Å². The van der Waals surface area contributed by atoms with Gasteiger partial charge in [0.2, 0.25) is 0 Å². The summed E-state index contributed by atoms with van der Waals surface area (Å²) in [4.78, 5) is 70.2. The fourth-order valence-corrected chi connectivity index (χ4v) is 12.5. The van der Waals surface area contributed by atoms with Gasteiger partial charge in [0, 0.05) is 32.3 Å². The highest BCUT2D eigenvalue weighted by Gasteiger charge is 2.30. The Morgan fingerprint density at radius 2 is 0.609 bits per heavy atom. The molecule has 92 heavy (non-hydrogen) atoms. The molecular weight excluding hydrogens is 1210 g/mol. The highest BCUT2D eigenvalue weighted by Crippen LogP contribution is 2.45. The van der Waals surface area contributed by atoms with Crippen molar-refractivity contribution in [2.75, 3.05) is 46.2 Å². The molecule has 19 heteroatoms. The lowest BCUT2D eigenvalue weighted by molar-refractivity contribution is -0.161. The molecule has 0 aliphatic heterocycles. The van der Waals surface area contributed by atoms with Gasteiger partial charge in [-0.25, -0.2) is 9.13 Å². The Hall–Kier alpha value is -2.04. The molecule has 3 N–H and O–H groups in total. The highest BCUT2D eigenvalue weighted by molar-refractivity contribution is 7.47. The van der Waals surface area contributed by atoms with E-state index in [2.05, 4.69) is 32.9 Å². The molecule has 0 spiro atoms. The van der Waals surface area contributed by atoms with Gasteiger partial charge in [-0.2, -0.15) is 0 Å². The number of carbonyl (C=O) groups excluding carboxylic acids is 4. The van der Waals surface area contributed by atoms with Crippen LogP contribution in [0.3, 0.4) is 0 Å². The minimum atomic E-state index is -4.92. The number of allylic oxidation sites excluding steroid dienone is 2. The van der Waals surface area contributed by atoms with Crippen LogP contribution in [0.15, 0.2) is 12.2 Å². The summed E-state index contributed by atoms with van der Waals surface area (Å²) in [6.07, 6.45) is 59.8. The second-order valence-corrected chi connectivity index (χ2v) is 28.8. The largest absolute Gasteiger partial charge is 0.472 e. The zero-order valence-corrected chi connectivity index (χ0v) is 60.8. The molecule has 0 radical (unpaired) electrons. The Morgan fingerprint density at radius 3 is 0.957 bits per heavy atom. The summed E-state index contributed by atoms with van der Waals surface area (Å²) < 4.78 is 69.1. The van der Waals surface area contributed by atoms with Crippen LogP contribution >= 0.6 is 15.6 Å². The average molecular weight is 1350 g/mol. The highest BCUT2D eigenvalue weighted by atomic mass is 31.2. The third-order valence-corrected chi connectivity index (χ3v) is 18.7. The van der Waals surface area contributed by atoms with Crippen molar-refractivity contribution in [3.8, 4) is 0 Å². The van der Waals surface area contributed by atoms with E-state index >= 15 is 0 Å². The number of hydrogen-bond acceptors (Lipinski definition) is 15. The number of rotatable bonds is 75. The minimum absolute atomic E-state index is 0.118. The van der Waals surface area contributed by atoms with Gasteiger partial charge in [-0.3, -0.25) is 32.5 Å². The van der Waals surface area contributed by atoms with E-state index in [-0.39, 0.29) is 25.9 Å². The van der Waals surface area contributed by atoms with Gasteiger partial charge in [0.25, 0.3) is 0 Å². The average Bonchev–Trinajstić information content (AvgIpc) is 2.38. The van der Waals surface area contributed by atoms with Crippen molar-refractivity contribution in [2.45, 2.75) is 386 Å². The summed E-state index contributed by atoms with van der Waals surface area (Å²) in [5.74, 6) is -1.43. The number of unbranched alkanes of at least 4 members (excludes halogenated alkanes) is 46. The van der Waals surface area contributed by atoms with E-state index in [0.717, 1.165) is 135 Å². The van der Waals surface area contributed by atoms with Crippen LogP contribution in [0.2, 0.25) is 0 Å². The number of esters is 3. The van der Waals surface area contributed by atoms with E-state index in [1.165, 1.54) is 173 Å². The van der Waals surface area contributed by atoms with Gasteiger partial charge in [-0.1, -0.05) is 296 Å². The molecule has 5 atom stereocenters. The number of carbonyl (C=O) groups is 4. The topological polar surface area (TPSA) is 237 Å². The van der Waals surface area contributed by atoms with Crippen LogP contribution < -0.4 is 0 Å². The van der Waals surface area contributed by atoms with Gasteiger partial charge in [0.05, 0.1) is 26.4 Å². The lowest BCUT2D eigenvalue weighted by Gasteiger charge is -2.21. The number of aliphatic hydroxyl groups excluding tert-OH is 1. The third kappa shape index (κ3) is 67.9. The maximum atomic E-state index is 13.0. The van der Waals surface area contributed by atoms with Gasteiger partial charge >= 0.3 is 33.6 Å². The summed E-state index contributed by atoms with van der Waals surface area (Å²) >= 11 is 0. The summed E-state index contributed by atoms with van der Waals surface area (Å²) in [5, 5.41) is 10.6. The van der Waals surface area contributed by atoms with Crippen molar-refractivity contribution < 1.29 is 80.2 Å². The first-order chi connectivity index (χ1) is 44.8. The van der Waals surface area contributed by atoms with Crippen molar-refractivity contribution in [3.05, 3.63) is 12.2 Å². The first kappa shape index (κ1) is 90.0. The molecule has 0 saturated heterocycles. The van der Waals surface area contributed by atoms with Crippen molar-refractivity contribution in [1.29, 1.82) is 0 Å². The molecule has 0 fully saturated rings. The van der Waals surface area contributed by atoms with E-state index in [9.17, 15) is 43.2 Å². The second kappa shape index (κ2) is 68.9. The van der Waals surface area contributed by atoms with Gasteiger partial charge in [-0.05, 0) is 57.8 Å². The second-order valence-electron chi connectivity index (χ2n) is 25.9. The summed E-state index contributed by atoms with van der Waals surface area (Å²) in [7, 11) is -9.76. The fourth-order valence-electron chi connectivity index (χ4n) is 10.9. The molecule has 0 aromatic rings. The molecule has 17 nitrogen and oxygen atoms in total. The lowest BCUT2D eigenvalue weighted by atomic mass is 10.0. The first-order valence-electron chi connectivity index (χ1n) is 37.9. The standard InChI is InChI=1S/C73H140O17P2/c1-4-7-10-13-16-19-22-27-32-37-42-47-52-57-71(76)84-64-69(83-61-56-51-46-41-36-31-26-25-30-35-40-45-50-55-60-74)66-88-91(79,80)86-62-68(75)63-87-92(81,82)89-67-70(90-73(78)59-54-49-44-39-34-29-24-21-18-15-12-9-6-3)65-85-72(77)58-53-48-43-38-33-28-23-20-17-14-11-8-5-2/h25-26,60,68-70,75H,4-24,27-59,61-67H2,1-3H3,(H,79,80)(H,81,82)/b26-25-/t68-,69-,70-/m1/s1. The van der Waals surface area contributed by atoms with Gasteiger partial charge in [0.15, 0.2) is 6.10 Å². The van der Waals surface area contributed by atoms with Gasteiger partial charge in [-0.15, -0.1) is 0 Å². The Bertz CT molecular complexity index is 1770. The van der Waals surface area contributed by atoms with Crippen molar-refractivity contribution in [2.24, 2.45) is 0 Å². The van der Waals surface area contributed by atoms with Crippen LogP contribution in [-0.2, 0) is 65.4 Å². The van der Waals surface area contributed by atoms with E-state index in [4.69, 9.17) is 37.0 Å². The van der Waals surface area contributed by atoms with Crippen molar-refractivity contribution >= 4 is 39.8 Å². The Balaban J connectivity index is 5.20. The van der Waals surface area contributed by atoms with Crippen LogP contribution in [0.5, 0.6) is 0 Å². The lowest BCUT2D eigenvalue weighted by Crippen LogP contribution is -2.30. The van der Waals surface area contributed by atoms with Crippen molar-refractivity contribution in [1.82, 2.24) is 0 Å². The molecule has 0 amide bonds. The van der Waals surface area contributed by atoms with E-state index in [1.807, 2.05) is 0 Å². The molecule has 0 rings (SSSR count). The first-order valence-corrected chi connectivity index (χ1v) is 40.9. The smallest absolute Gasteiger partial charge is 0.463 e. The summed E-state index contributed by atoms with van der Waals surface area (Å²) in [6, 6.07) is 0. The number of aliphatic hydroxyl groups is 1. The van der Waals surface area contributed by atoms with Gasteiger partial charge < -0.3 is 38.6 Å². The molecule has 544 valence electrons. The normalized spacial score (nSPS) is 14.1. The number of phosphoric acid groups is 2. The SMILES string of the molecule is CCCCCCCCCCCCCCCC(=O)OC[C@H](COP(=O)(O)OC[C@@H](O)COP(=O)(O)OC[C@@H](COC(=O)CCCCCCCCCCCCCCC)OC(=O)CCCCCCCCCCCCCCC)OCCCCCCC/C=C\CCCCCCC=O. The monoisotopic (exact) mass is 1350 g/mol. The molecule has 0 heterocycles. The Morgan fingerprint density at radius 1 is 0.337 bits per heavy atom. The molecule has 0 aliphatic rings. The predicted molar refractivity (Wildman–Crippen MR) is 373 cm³/mol. The molecule has 0 aromatic heterocycles. The number of ether oxygens (including phenoxy) is 4. The maximum Gasteiger partial charge on any atom is 0.472 e. The minimum Gasteiger partial charge on any atom is -0.463 e. The molecule has 0 aliphatic carbocycles. The van der Waals surface area contributed by atoms with Crippen LogP contribution in [0.4, 0.5) is 0 Å². The quantitative estimate of drug-likeness (QED) is 0.0128. The molecule has 0 saturated carbocycles. The zero-order chi connectivity index (χ0) is 67.4. The Kier molecular flexibility index (Phi) is 67.4. The number of phosphoric ester groups is 2. The molecule has 0 aromatic carbocycles. The zero-order valence-electron chi connectivity index (χ0n) is 59.0. The predicted octanol–water partition coefficient (Wildman–Crippen LogP) is 20.9. The molecular formula is C73H140O17P2. The third-order valence-electron chi connectivity index (χ3n) is 16.8. The number of hydrogen-bond donors (Lipinski definition) is 3. The van der Waals surface area contributed by atoms with Crippen LogP contribution in [0, 0.1) is 0 Å². The fraction of sp³-hybridized carbons (Fsp3) is 0.918. The Labute approximate surface area is 561 Å². The van der Waals surface area contributed by atoms with Crippen molar-refractivity contribution in [3.63, 3.8) is 0 Å². The number of aldehydes is 1. The van der Waals surface area contributed by atoms with Crippen LogP contribution in [0.1, 0.15) is 367 Å². The van der Waals surface area contributed by atoms with Gasteiger partial charge in [0.1, 0.15) is 31.7 Å². The summed E-state index contributed by atoms with van der Waals surface area (Å²) in [5.41, 5.74) is 0.